The number of hydrogen-bond donors (Lipinski definition) is 1. The number of piperazine rings is 1. The minimum atomic E-state index is 0.0432. The third-order valence-electron chi connectivity index (χ3n) is 5.60. The molecule has 0 radical (unpaired) electrons. The van der Waals surface area contributed by atoms with Gasteiger partial charge in [-0.1, -0.05) is 37.8 Å². The van der Waals surface area contributed by atoms with E-state index in [9.17, 15) is 9.59 Å². The number of hydrogen-bond acceptors (Lipinski definition) is 3. The van der Waals surface area contributed by atoms with Crippen molar-refractivity contribution in [2.75, 3.05) is 26.2 Å². The molecule has 5 nitrogen and oxygen atoms in total. The molecule has 3 rings (SSSR count). The Bertz CT molecular complexity index is 585. The Morgan fingerprint density at radius 1 is 0.960 bits per heavy atom. The lowest BCUT2D eigenvalue weighted by molar-refractivity contribution is -0.133. The molecule has 1 saturated carbocycles. The first kappa shape index (κ1) is 17.9. The van der Waals surface area contributed by atoms with Crippen LogP contribution in [0.15, 0.2) is 24.3 Å². The first-order chi connectivity index (χ1) is 12.2. The highest BCUT2D eigenvalue weighted by molar-refractivity contribution is 5.94. The van der Waals surface area contributed by atoms with E-state index in [1.165, 1.54) is 25.7 Å². The maximum Gasteiger partial charge on any atom is 0.253 e. The summed E-state index contributed by atoms with van der Waals surface area (Å²) in [6.45, 7) is 3.02. The lowest BCUT2D eigenvalue weighted by Gasteiger charge is -2.35. The highest BCUT2D eigenvalue weighted by atomic mass is 16.2. The van der Waals surface area contributed by atoms with E-state index in [0.717, 1.165) is 17.9 Å². The summed E-state index contributed by atoms with van der Waals surface area (Å²) in [7, 11) is 0. The summed E-state index contributed by atoms with van der Waals surface area (Å²) in [6, 6.07) is 7.47. The van der Waals surface area contributed by atoms with Gasteiger partial charge in [-0.05, 0) is 30.0 Å². The summed E-state index contributed by atoms with van der Waals surface area (Å²) in [6.07, 6.45) is 6.93. The first-order valence-electron chi connectivity index (χ1n) is 9.53. The monoisotopic (exact) mass is 343 g/mol. The van der Waals surface area contributed by atoms with Crippen molar-refractivity contribution in [2.24, 2.45) is 11.7 Å². The lowest BCUT2D eigenvalue weighted by Crippen LogP contribution is -2.50. The normalized spacial score (nSPS) is 18.6. The van der Waals surface area contributed by atoms with Crippen LogP contribution in [0.2, 0.25) is 0 Å². The van der Waals surface area contributed by atoms with Crippen molar-refractivity contribution in [2.45, 2.75) is 45.1 Å². The Kier molecular flexibility index (Phi) is 6.08. The third kappa shape index (κ3) is 4.60. The van der Waals surface area contributed by atoms with Gasteiger partial charge in [-0.3, -0.25) is 9.59 Å². The molecule has 2 fully saturated rings. The zero-order chi connectivity index (χ0) is 17.6. The van der Waals surface area contributed by atoms with Gasteiger partial charge in [0.1, 0.15) is 0 Å². The summed E-state index contributed by atoms with van der Waals surface area (Å²) >= 11 is 0. The summed E-state index contributed by atoms with van der Waals surface area (Å²) in [5.41, 5.74) is 7.31. The first-order valence-corrected chi connectivity index (χ1v) is 9.53. The molecule has 0 unspecified atom stereocenters. The summed E-state index contributed by atoms with van der Waals surface area (Å²) in [5, 5.41) is 0. The Balaban J connectivity index is 1.45. The number of carbonyl (C=O) groups excluding carboxylic acids is 2. The fraction of sp³-hybridized carbons (Fsp3) is 0.600. The van der Waals surface area contributed by atoms with Crippen LogP contribution < -0.4 is 5.73 Å². The molecule has 2 amide bonds. The molecule has 1 saturated heterocycles. The van der Waals surface area contributed by atoms with Gasteiger partial charge in [0, 0.05) is 44.7 Å². The molecule has 1 aromatic rings. The van der Waals surface area contributed by atoms with Crippen LogP contribution in [-0.4, -0.2) is 47.8 Å². The maximum atomic E-state index is 12.6. The van der Waals surface area contributed by atoms with E-state index in [2.05, 4.69) is 0 Å². The van der Waals surface area contributed by atoms with Crippen molar-refractivity contribution in [3.05, 3.63) is 35.4 Å². The predicted octanol–water partition coefficient (Wildman–Crippen LogP) is 2.40. The molecule has 0 bridgehead atoms. The molecule has 2 N–H and O–H groups in total. The molecule has 5 heteroatoms. The SMILES string of the molecule is NCc1ccc(C(=O)N2CCN(C(=O)CCC3CCCC3)CC2)cc1. The van der Waals surface area contributed by atoms with E-state index in [1.54, 1.807) is 0 Å². The zero-order valence-corrected chi connectivity index (χ0v) is 15.0. The highest BCUT2D eigenvalue weighted by Gasteiger charge is 2.25. The quantitative estimate of drug-likeness (QED) is 0.893. The molecule has 136 valence electrons. The van der Waals surface area contributed by atoms with Crippen molar-refractivity contribution < 1.29 is 9.59 Å². The highest BCUT2D eigenvalue weighted by Crippen LogP contribution is 2.28. The lowest BCUT2D eigenvalue weighted by atomic mass is 10.0. The van der Waals surface area contributed by atoms with Gasteiger partial charge in [-0.15, -0.1) is 0 Å². The van der Waals surface area contributed by atoms with Crippen molar-refractivity contribution in [3.63, 3.8) is 0 Å². The number of rotatable bonds is 5. The number of benzene rings is 1. The largest absolute Gasteiger partial charge is 0.339 e. The molecule has 0 atom stereocenters. The second-order valence-corrected chi connectivity index (χ2v) is 7.26. The fourth-order valence-corrected chi connectivity index (χ4v) is 3.91. The van der Waals surface area contributed by atoms with E-state index in [4.69, 9.17) is 5.73 Å². The van der Waals surface area contributed by atoms with Gasteiger partial charge < -0.3 is 15.5 Å². The van der Waals surface area contributed by atoms with Gasteiger partial charge in [0.15, 0.2) is 0 Å². The molecule has 1 heterocycles. The maximum absolute atomic E-state index is 12.6. The molecule has 1 aliphatic heterocycles. The topological polar surface area (TPSA) is 66.6 Å². The summed E-state index contributed by atoms with van der Waals surface area (Å²) < 4.78 is 0. The number of carbonyl (C=O) groups is 2. The van der Waals surface area contributed by atoms with Crippen molar-refractivity contribution in [3.8, 4) is 0 Å². The fourth-order valence-electron chi connectivity index (χ4n) is 3.91. The van der Waals surface area contributed by atoms with Crippen molar-refractivity contribution in [1.82, 2.24) is 9.80 Å². The van der Waals surface area contributed by atoms with Crippen LogP contribution in [0.25, 0.3) is 0 Å². The summed E-state index contributed by atoms with van der Waals surface area (Å²) in [4.78, 5) is 28.7. The molecular formula is C20H29N3O2. The van der Waals surface area contributed by atoms with Crippen LogP contribution in [0, 0.1) is 5.92 Å². The minimum absolute atomic E-state index is 0.0432. The zero-order valence-electron chi connectivity index (χ0n) is 15.0. The molecule has 25 heavy (non-hydrogen) atoms. The molecular weight excluding hydrogens is 314 g/mol. The van der Waals surface area contributed by atoms with E-state index >= 15 is 0 Å². The average Bonchev–Trinajstić information content (AvgIpc) is 3.19. The standard InChI is InChI=1S/C20H29N3O2/c21-15-17-5-8-18(9-6-17)20(25)23-13-11-22(12-14-23)19(24)10-7-16-3-1-2-4-16/h5-6,8-9,16H,1-4,7,10-15,21H2. The van der Waals surface area contributed by atoms with Crippen LogP contribution in [0.1, 0.15) is 54.4 Å². The summed E-state index contributed by atoms with van der Waals surface area (Å²) in [5.74, 6) is 1.05. The third-order valence-corrected chi connectivity index (χ3v) is 5.60. The number of nitrogens with zero attached hydrogens (tertiary/aromatic N) is 2. The molecule has 0 spiro atoms. The van der Waals surface area contributed by atoms with Crippen LogP contribution in [-0.2, 0) is 11.3 Å². The molecule has 1 aromatic carbocycles. The van der Waals surface area contributed by atoms with Crippen LogP contribution >= 0.6 is 0 Å². The molecule has 1 aliphatic carbocycles. The average molecular weight is 343 g/mol. The number of nitrogens with two attached hydrogens (primary N) is 1. The Morgan fingerprint density at radius 3 is 2.16 bits per heavy atom. The van der Waals surface area contributed by atoms with E-state index in [0.29, 0.717) is 44.7 Å². The van der Waals surface area contributed by atoms with Crippen LogP contribution in [0.3, 0.4) is 0 Å². The van der Waals surface area contributed by atoms with Crippen LogP contribution in [0.4, 0.5) is 0 Å². The smallest absolute Gasteiger partial charge is 0.253 e. The van der Waals surface area contributed by atoms with E-state index in [-0.39, 0.29) is 11.8 Å². The Labute approximate surface area is 150 Å². The van der Waals surface area contributed by atoms with Gasteiger partial charge in [0.2, 0.25) is 5.91 Å². The number of amides is 2. The molecule has 2 aliphatic rings. The molecule has 0 aromatic heterocycles. The van der Waals surface area contributed by atoms with Gasteiger partial charge in [-0.2, -0.15) is 0 Å². The van der Waals surface area contributed by atoms with E-state index < -0.39 is 0 Å². The van der Waals surface area contributed by atoms with E-state index in [1.807, 2.05) is 34.1 Å². The van der Waals surface area contributed by atoms with Gasteiger partial charge in [0.25, 0.3) is 5.91 Å². The second kappa shape index (κ2) is 8.48. The predicted molar refractivity (Wildman–Crippen MR) is 98.0 cm³/mol. The van der Waals surface area contributed by atoms with Crippen LogP contribution in [0.5, 0.6) is 0 Å². The Morgan fingerprint density at radius 2 is 1.56 bits per heavy atom. The van der Waals surface area contributed by atoms with Gasteiger partial charge in [-0.25, -0.2) is 0 Å². The van der Waals surface area contributed by atoms with Crippen molar-refractivity contribution in [1.29, 1.82) is 0 Å². The van der Waals surface area contributed by atoms with Gasteiger partial charge >= 0.3 is 0 Å². The van der Waals surface area contributed by atoms with Gasteiger partial charge in [0.05, 0.1) is 0 Å². The Hall–Kier alpha value is -1.88. The second-order valence-electron chi connectivity index (χ2n) is 7.26. The van der Waals surface area contributed by atoms with Crippen molar-refractivity contribution >= 4 is 11.8 Å². The minimum Gasteiger partial charge on any atom is -0.339 e.